The van der Waals surface area contributed by atoms with Gasteiger partial charge in [-0.05, 0) is 45.6 Å². The van der Waals surface area contributed by atoms with Crippen molar-refractivity contribution in [3.63, 3.8) is 0 Å². The number of halogens is 1. The molecule has 2 aromatic heterocycles. The van der Waals surface area contributed by atoms with Crippen molar-refractivity contribution in [2.45, 2.75) is 19.3 Å². The molecule has 34 heavy (non-hydrogen) atoms. The van der Waals surface area contributed by atoms with Crippen LogP contribution in [0.15, 0.2) is 47.3 Å². The monoisotopic (exact) mass is 521 g/mol. The lowest BCUT2D eigenvalue weighted by Crippen LogP contribution is -2.31. The molecule has 0 fully saturated rings. The van der Waals surface area contributed by atoms with Gasteiger partial charge in [0.1, 0.15) is 6.33 Å². The Kier molecular flexibility index (Phi) is 5.95. The molecule has 0 N–H and O–H groups in total. The maximum atomic E-state index is 13.0. The highest BCUT2D eigenvalue weighted by Gasteiger charge is 2.26. The third kappa shape index (κ3) is 4.00. The highest BCUT2D eigenvalue weighted by atomic mass is 79.9. The van der Waals surface area contributed by atoms with Crippen LogP contribution in [0.4, 0.5) is 5.69 Å². The molecule has 8 nitrogen and oxygen atoms in total. The van der Waals surface area contributed by atoms with Gasteiger partial charge >= 0.3 is 0 Å². The van der Waals surface area contributed by atoms with Crippen molar-refractivity contribution in [1.29, 1.82) is 0 Å². The molecule has 174 valence electrons. The summed E-state index contributed by atoms with van der Waals surface area (Å²) in [4.78, 5) is 23.9. The molecule has 0 aliphatic carbocycles. The minimum Gasteiger partial charge on any atom is -0.493 e. The fourth-order valence-electron chi connectivity index (χ4n) is 4.47. The van der Waals surface area contributed by atoms with Crippen LogP contribution in [-0.4, -0.2) is 46.4 Å². The van der Waals surface area contributed by atoms with E-state index in [4.69, 9.17) is 9.47 Å². The van der Waals surface area contributed by atoms with E-state index in [1.54, 1.807) is 31.4 Å². The molecular weight excluding hydrogens is 498 g/mol. The van der Waals surface area contributed by atoms with Gasteiger partial charge in [0.2, 0.25) is 5.91 Å². The second kappa shape index (κ2) is 9.06. The van der Waals surface area contributed by atoms with Crippen molar-refractivity contribution in [2.24, 2.45) is 7.05 Å². The van der Waals surface area contributed by atoms with Gasteiger partial charge in [0.25, 0.3) is 0 Å². The number of carbonyl (C=O) groups excluding carboxylic acids is 1. The molecule has 0 saturated heterocycles. The molecule has 1 aliphatic heterocycles. The maximum absolute atomic E-state index is 13.0. The molecular formula is C25H24BrN5O3. The Bertz CT molecular complexity index is 1380. The standard InChI is InChI=1S/C25H24BrN5O3/c1-30-22(18(26)13-29-30)12-25(32)31-7-6-16-8-15(4-5-21(16)31)9-19-17-10-23(33-2)24(34-3)11-20(17)28-14-27-19/h4-5,8,10-11,13-14H,6-7,9,12H2,1-3H3. The highest BCUT2D eigenvalue weighted by Crippen LogP contribution is 2.34. The lowest BCUT2D eigenvalue weighted by atomic mass is 10.0. The van der Waals surface area contributed by atoms with E-state index >= 15 is 0 Å². The highest BCUT2D eigenvalue weighted by molar-refractivity contribution is 9.10. The van der Waals surface area contributed by atoms with Crippen molar-refractivity contribution >= 4 is 38.4 Å². The topological polar surface area (TPSA) is 82.4 Å². The number of aromatic nitrogens is 4. The van der Waals surface area contributed by atoms with E-state index in [0.29, 0.717) is 30.9 Å². The van der Waals surface area contributed by atoms with Crippen molar-refractivity contribution < 1.29 is 14.3 Å². The molecule has 4 aromatic rings. The summed E-state index contributed by atoms with van der Waals surface area (Å²) in [6, 6.07) is 10.1. The van der Waals surface area contributed by atoms with Crippen LogP contribution >= 0.6 is 15.9 Å². The summed E-state index contributed by atoms with van der Waals surface area (Å²) in [6.45, 7) is 0.681. The van der Waals surface area contributed by atoms with Crippen molar-refractivity contribution in [3.05, 3.63) is 69.8 Å². The number of fused-ring (bicyclic) bond motifs is 2. The van der Waals surface area contributed by atoms with Gasteiger partial charge in [-0.25, -0.2) is 9.97 Å². The van der Waals surface area contributed by atoms with E-state index in [0.717, 1.165) is 44.4 Å². The molecule has 2 aromatic carbocycles. The van der Waals surface area contributed by atoms with Crippen molar-refractivity contribution in [1.82, 2.24) is 19.7 Å². The van der Waals surface area contributed by atoms with E-state index < -0.39 is 0 Å². The molecule has 0 atom stereocenters. The first kappa shape index (κ1) is 22.3. The molecule has 0 radical (unpaired) electrons. The predicted octanol–water partition coefficient (Wildman–Crippen LogP) is 3.87. The number of anilines is 1. The number of aryl methyl sites for hydroxylation is 1. The lowest BCUT2D eigenvalue weighted by molar-refractivity contribution is -0.118. The summed E-state index contributed by atoms with van der Waals surface area (Å²) >= 11 is 3.48. The zero-order valence-electron chi connectivity index (χ0n) is 19.2. The Labute approximate surface area is 205 Å². The molecule has 0 spiro atoms. The Hall–Kier alpha value is -3.46. The quantitative estimate of drug-likeness (QED) is 0.383. The van der Waals surface area contributed by atoms with Crippen LogP contribution in [0.1, 0.15) is 22.5 Å². The second-order valence-electron chi connectivity index (χ2n) is 8.22. The van der Waals surface area contributed by atoms with Crippen LogP contribution in [0.25, 0.3) is 10.9 Å². The van der Waals surface area contributed by atoms with E-state index in [2.05, 4.69) is 43.1 Å². The molecule has 9 heteroatoms. The number of carbonyl (C=O) groups is 1. The summed E-state index contributed by atoms with van der Waals surface area (Å²) in [6.07, 6.45) is 5.08. The average Bonchev–Trinajstić information content (AvgIpc) is 3.41. The number of rotatable bonds is 6. The molecule has 1 amide bonds. The molecule has 0 saturated carbocycles. The second-order valence-corrected chi connectivity index (χ2v) is 9.07. The number of benzene rings is 2. The average molecular weight is 522 g/mol. The number of ether oxygens (including phenoxy) is 2. The van der Waals surface area contributed by atoms with Crippen LogP contribution in [0.3, 0.4) is 0 Å². The molecule has 0 unspecified atom stereocenters. The zero-order valence-corrected chi connectivity index (χ0v) is 20.8. The normalized spacial score (nSPS) is 12.8. The van der Waals surface area contributed by atoms with Gasteiger partial charge in [-0.3, -0.25) is 9.48 Å². The molecule has 5 rings (SSSR count). The Morgan fingerprint density at radius 1 is 1.12 bits per heavy atom. The van der Waals surface area contributed by atoms with Gasteiger partial charge < -0.3 is 14.4 Å². The Morgan fingerprint density at radius 2 is 1.91 bits per heavy atom. The van der Waals surface area contributed by atoms with Gasteiger partial charge in [-0.2, -0.15) is 5.10 Å². The summed E-state index contributed by atoms with van der Waals surface area (Å²) < 4.78 is 13.5. The van der Waals surface area contributed by atoms with Gasteiger partial charge in [-0.1, -0.05) is 12.1 Å². The Morgan fingerprint density at radius 3 is 2.65 bits per heavy atom. The molecule has 1 aliphatic rings. The van der Waals surface area contributed by atoms with Crippen molar-refractivity contribution in [2.75, 3.05) is 25.7 Å². The fraction of sp³-hybridized carbons (Fsp3) is 0.280. The number of hydrogen-bond donors (Lipinski definition) is 0. The van der Waals surface area contributed by atoms with Gasteiger partial charge in [0, 0.05) is 37.2 Å². The van der Waals surface area contributed by atoms with Crippen LogP contribution < -0.4 is 14.4 Å². The maximum Gasteiger partial charge on any atom is 0.233 e. The minimum atomic E-state index is 0.0682. The number of nitrogens with zero attached hydrogens (tertiary/aromatic N) is 5. The molecule has 3 heterocycles. The van der Waals surface area contributed by atoms with Crippen LogP contribution in [-0.2, 0) is 31.1 Å². The summed E-state index contributed by atoms with van der Waals surface area (Å²) in [5.41, 5.74) is 5.88. The summed E-state index contributed by atoms with van der Waals surface area (Å²) in [5.74, 6) is 1.35. The summed E-state index contributed by atoms with van der Waals surface area (Å²) in [5, 5.41) is 5.14. The lowest BCUT2D eigenvalue weighted by Gasteiger charge is -2.18. The van der Waals surface area contributed by atoms with Gasteiger partial charge in [0.05, 0.1) is 48.2 Å². The summed E-state index contributed by atoms with van der Waals surface area (Å²) in [7, 11) is 5.08. The van der Waals surface area contributed by atoms with Crippen LogP contribution in [0.2, 0.25) is 0 Å². The fourth-order valence-corrected chi connectivity index (χ4v) is 4.96. The smallest absolute Gasteiger partial charge is 0.233 e. The molecule has 0 bridgehead atoms. The first-order valence-corrected chi connectivity index (χ1v) is 11.7. The number of methoxy groups -OCH3 is 2. The number of hydrogen-bond acceptors (Lipinski definition) is 6. The SMILES string of the molecule is COc1cc2ncnc(Cc3ccc4c(c3)CCN4C(=O)Cc3c(Br)cnn3C)c2cc1OC. The van der Waals surface area contributed by atoms with E-state index in [1.165, 1.54) is 5.56 Å². The first-order valence-electron chi connectivity index (χ1n) is 10.9. The van der Waals surface area contributed by atoms with E-state index in [-0.39, 0.29) is 5.91 Å². The number of amides is 1. The largest absolute Gasteiger partial charge is 0.493 e. The van der Waals surface area contributed by atoms with Gasteiger partial charge in [-0.15, -0.1) is 0 Å². The van der Waals surface area contributed by atoms with Crippen molar-refractivity contribution in [3.8, 4) is 11.5 Å². The third-order valence-corrected chi connectivity index (χ3v) is 6.93. The van der Waals surface area contributed by atoms with Gasteiger partial charge in [0.15, 0.2) is 11.5 Å². The van der Waals surface area contributed by atoms with Crippen LogP contribution in [0.5, 0.6) is 11.5 Å². The Balaban J connectivity index is 1.40. The van der Waals surface area contributed by atoms with E-state index in [1.807, 2.05) is 30.1 Å². The first-order chi connectivity index (χ1) is 16.5. The van der Waals surface area contributed by atoms with Crippen LogP contribution in [0, 0.1) is 0 Å². The van der Waals surface area contributed by atoms with E-state index in [9.17, 15) is 4.79 Å². The third-order valence-electron chi connectivity index (χ3n) is 6.26. The predicted molar refractivity (Wildman–Crippen MR) is 133 cm³/mol. The zero-order chi connectivity index (χ0) is 23.8. The minimum absolute atomic E-state index is 0.0682.